The quantitative estimate of drug-likeness (QED) is 0.337. The third kappa shape index (κ3) is 7.58. The molecule has 39 heavy (non-hydrogen) atoms. The number of hydrogen-bond donors (Lipinski definition) is 1. The monoisotopic (exact) mass is 573 g/mol. The Morgan fingerprint density at radius 3 is 2.18 bits per heavy atom. The lowest BCUT2D eigenvalue weighted by Gasteiger charge is -2.33. The maximum atomic E-state index is 13.9. The zero-order chi connectivity index (χ0) is 28.7. The molecule has 1 N–H and O–H groups in total. The topological polar surface area (TPSA) is 86.8 Å². The Morgan fingerprint density at radius 2 is 1.59 bits per heavy atom. The SMILES string of the molecule is CC[C@H](C)NC(=O)[C@@H](C)N(Cc1ccc(F)cc1)C(=O)CN(c1ccccc1C)S(=O)(=O)c1ccc(Cl)cc1. The molecule has 3 aromatic rings. The Hall–Kier alpha value is -3.43. The lowest BCUT2D eigenvalue weighted by molar-refractivity contribution is -0.139. The van der Waals surface area contributed by atoms with Crippen LogP contribution in [0.2, 0.25) is 5.02 Å². The van der Waals surface area contributed by atoms with Crippen LogP contribution in [0, 0.1) is 12.7 Å². The lowest BCUT2D eigenvalue weighted by atomic mass is 10.1. The molecule has 3 aromatic carbocycles. The number of aryl methyl sites for hydroxylation is 1. The van der Waals surface area contributed by atoms with Crippen molar-refractivity contribution in [3.8, 4) is 0 Å². The summed E-state index contributed by atoms with van der Waals surface area (Å²) in [4.78, 5) is 28.2. The second-order valence-corrected chi connectivity index (χ2v) is 11.7. The molecule has 0 heterocycles. The van der Waals surface area contributed by atoms with Gasteiger partial charge in [0.1, 0.15) is 18.4 Å². The fraction of sp³-hybridized carbons (Fsp3) is 0.310. The van der Waals surface area contributed by atoms with Gasteiger partial charge in [-0.15, -0.1) is 0 Å². The molecular formula is C29H33ClFN3O4S. The fourth-order valence-electron chi connectivity index (χ4n) is 3.93. The molecule has 208 valence electrons. The summed E-state index contributed by atoms with van der Waals surface area (Å²) >= 11 is 5.98. The van der Waals surface area contributed by atoms with Crippen molar-refractivity contribution in [2.75, 3.05) is 10.8 Å². The Balaban J connectivity index is 2.03. The maximum absolute atomic E-state index is 13.9. The first-order valence-electron chi connectivity index (χ1n) is 12.6. The van der Waals surface area contributed by atoms with Crippen LogP contribution in [0.15, 0.2) is 77.7 Å². The van der Waals surface area contributed by atoms with Crippen LogP contribution < -0.4 is 9.62 Å². The van der Waals surface area contributed by atoms with Crippen molar-refractivity contribution < 1.29 is 22.4 Å². The van der Waals surface area contributed by atoms with E-state index in [4.69, 9.17) is 11.6 Å². The summed E-state index contributed by atoms with van der Waals surface area (Å²) in [6, 6.07) is 17.1. The lowest BCUT2D eigenvalue weighted by Crippen LogP contribution is -2.52. The predicted octanol–water partition coefficient (Wildman–Crippen LogP) is 5.31. The van der Waals surface area contributed by atoms with Gasteiger partial charge in [0.2, 0.25) is 11.8 Å². The van der Waals surface area contributed by atoms with E-state index in [1.807, 2.05) is 13.8 Å². The third-order valence-electron chi connectivity index (χ3n) is 6.50. The number of para-hydroxylation sites is 1. The number of nitrogens with zero attached hydrogens (tertiary/aromatic N) is 2. The van der Waals surface area contributed by atoms with Gasteiger partial charge in [-0.25, -0.2) is 12.8 Å². The standard InChI is InChI=1S/C29H33ClFN3O4S/c1-5-21(3)32-29(36)22(4)33(18-23-10-14-25(31)15-11-23)28(35)19-34(27-9-7-6-8-20(27)2)39(37,38)26-16-12-24(30)13-17-26/h6-17,21-22H,5,18-19H2,1-4H3,(H,32,36)/t21-,22+/m0/s1. The van der Waals surface area contributed by atoms with E-state index in [1.165, 1.54) is 53.4 Å². The smallest absolute Gasteiger partial charge is 0.264 e. The van der Waals surface area contributed by atoms with Crippen LogP contribution in [0.25, 0.3) is 0 Å². The van der Waals surface area contributed by atoms with E-state index in [2.05, 4.69) is 5.32 Å². The van der Waals surface area contributed by atoms with Crippen molar-refractivity contribution in [3.63, 3.8) is 0 Å². The summed E-state index contributed by atoms with van der Waals surface area (Å²) < 4.78 is 42.2. The van der Waals surface area contributed by atoms with Gasteiger partial charge in [0.05, 0.1) is 10.6 Å². The number of carbonyl (C=O) groups is 2. The Kier molecular flexibility index (Phi) is 10.1. The van der Waals surface area contributed by atoms with Gasteiger partial charge < -0.3 is 10.2 Å². The Morgan fingerprint density at radius 1 is 0.974 bits per heavy atom. The highest BCUT2D eigenvalue weighted by Gasteiger charge is 2.33. The molecule has 0 fully saturated rings. The number of rotatable bonds is 11. The number of amides is 2. The van der Waals surface area contributed by atoms with E-state index >= 15 is 0 Å². The molecule has 7 nitrogen and oxygen atoms in total. The molecule has 0 aliphatic heterocycles. The average Bonchev–Trinajstić information content (AvgIpc) is 2.91. The van der Waals surface area contributed by atoms with Crippen LogP contribution >= 0.6 is 11.6 Å². The van der Waals surface area contributed by atoms with E-state index in [0.29, 0.717) is 28.3 Å². The molecule has 10 heteroatoms. The van der Waals surface area contributed by atoms with Crippen LogP contribution in [0.5, 0.6) is 0 Å². The van der Waals surface area contributed by atoms with E-state index < -0.39 is 34.3 Å². The minimum absolute atomic E-state index is 0.0171. The fourth-order valence-corrected chi connectivity index (χ4v) is 5.53. The van der Waals surface area contributed by atoms with Gasteiger partial charge >= 0.3 is 0 Å². The second-order valence-electron chi connectivity index (χ2n) is 9.39. The number of anilines is 1. The molecule has 0 saturated carbocycles. The Labute approximate surface area is 234 Å². The zero-order valence-corrected chi connectivity index (χ0v) is 24.0. The summed E-state index contributed by atoms with van der Waals surface area (Å²) in [5.74, 6) is -1.39. The molecule has 0 aromatic heterocycles. The van der Waals surface area contributed by atoms with Crippen molar-refractivity contribution in [2.24, 2.45) is 0 Å². The van der Waals surface area contributed by atoms with Gasteiger partial charge in [-0.1, -0.05) is 48.9 Å². The van der Waals surface area contributed by atoms with Gasteiger partial charge in [-0.2, -0.15) is 0 Å². The Bertz CT molecular complexity index is 1400. The largest absolute Gasteiger partial charge is 0.352 e. The van der Waals surface area contributed by atoms with Crippen molar-refractivity contribution in [2.45, 2.75) is 57.6 Å². The van der Waals surface area contributed by atoms with E-state index in [9.17, 15) is 22.4 Å². The molecule has 0 saturated heterocycles. The number of benzene rings is 3. The first kappa shape index (κ1) is 30.1. The first-order valence-corrected chi connectivity index (χ1v) is 14.4. The van der Waals surface area contributed by atoms with Crippen LogP contribution in [0.4, 0.5) is 10.1 Å². The highest BCUT2D eigenvalue weighted by molar-refractivity contribution is 7.92. The molecule has 0 unspecified atom stereocenters. The molecule has 2 atom stereocenters. The molecule has 3 rings (SSSR count). The van der Waals surface area contributed by atoms with E-state index in [1.54, 1.807) is 38.1 Å². The normalized spacial score (nSPS) is 12.9. The highest BCUT2D eigenvalue weighted by Crippen LogP contribution is 2.28. The summed E-state index contributed by atoms with van der Waals surface area (Å²) in [6.07, 6.45) is 0.699. The van der Waals surface area contributed by atoms with Gasteiger partial charge in [0, 0.05) is 17.6 Å². The molecule has 0 aliphatic rings. The van der Waals surface area contributed by atoms with Gasteiger partial charge in [-0.3, -0.25) is 13.9 Å². The molecule has 0 radical (unpaired) electrons. The van der Waals surface area contributed by atoms with Crippen LogP contribution in [0.3, 0.4) is 0 Å². The van der Waals surface area contributed by atoms with Crippen LogP contribution in [-0.2, 0) is 26.2 Å². The number of halogens is 2. The van der Waals surface area contributed by atoms with E-state index in [-0.39, 0.29) is 23.4 Å². The number of sulfonamides is 1. The number of nitrogens with one attached hydrogen (secondary N) is 1. The number of hydrogen-bond acceptors (Lipinski definition) is 4. The maximum Gasteiger partial charge on any atom is 0.264 e. The minimum Gasteiger partial charge on any atom is -0.352 e. The average molecular weight is 574 g/mol. The summed E-state index contributed by atoms with van der Waals surface area (Å²) in [5, 5.41) is 3.25. The molecule has 0 bridgehead atoms. The van der Waals surface area contributed by atoms with Crippen LogP contribution in [0.1, 0.15) is 38.3 Å². The van der Waals surface area contributed by atoms with Crippen molar-refractivity contribution in [1.82, 2.24) is 10.2 Å². The molecule has 0 spiro atoms. The van der Waals surface area contributed by atoms with Gasteiger partial charge in [0.15, 0.2) is 0 Å². The second kappa shape index (κ2) is 13.1. The molecule has 2 amide bonds. The summed E-state index contributed by atoms with van der Waals surface area (Å²) in [7, 11) is -4.19. The highest BCUT2D eigenvalue weighted by atomic mass is 35.5. The van der Waals surface area contributed by atoms with Crippen LogP contribution in [-0.4, -0.2) is 43.8 Å². The zero-order valence-electron chi connectivity index (χ0n) is 22.4. The summed E-state index contributed by atoms with van der Waals surface area (Å²) in [5.41, 5.74) is 1.57. The summed E-state index contributed by atoms with van der Waals surface area (Å²) in [6.45, 7) is 6.55. The van der Waals surface area contributed by atoms with Crippen molar-refractivity contribution in [1.29, 1.82) is 0 Å². The van der Waals surface area contributed by atoms with Gasteiger partial charge in [0.25, 0.3) is 10.0 Å². The molecular weight excluding hydrogens is 541 g/mol. The first-order chi connectivity index (χ1) is 18.4. The minimum atomic E-state index is -4.19. The molecule has 0 aliphatic carbocycles. The van der Waals surface area contributed by atoms with Crippen molar-refractivity contribution in [3.05, 3.63) is 94.8 Å². The predicted molar refractivity (Wildman–Crippen MR) is 151 cm³/mol. The number of carbonyl (C=O) groups excluding carboxylic acids is 2. The van der Waals surface area contributed by atoms with E-state index in [0.717, 1.165) is 4.31 Å². The van der Waals surface area contributed by atoms with Gasteiger partial charge in [-0.05, 0) is 80.8 Å². The third-order valence-corrected chi connectivity index (χ3v) is 8.53. The van der Waals surface area contributed by atoms with Crippen molar-refractivity contribution >= 4 is 39.1 Å².